The number of nitrogens with one attached hydrogen (secondary N) is 1. The summed E-state index contributed by atoms with van der Waals surface area (Å²) in [7, 11) is -3.58. The molecule has 0 bridgehead atoms. The third kappa shape index (κ3) is 3.50. The van der Waals surface area contributed by atoms with Gasteiger partial charge < -0.3 is 9.52 Å². The van der Waals surface area contributed by atoms with E-state index in [1.165, 1.54) is 12.1 Å². The quantitative estimate of drug-likeness (QED) is 0.852. The third-order valence-corrected chi connectivity index (χ3v) is 5.31. The highest BCUT2D eigenvalue weighted by atomic mass is 32.2. The van der Waals surface area contributed by atoms with Gasteiger partial charge in [0.1, 0.15) is 12.4 Å². The zero-order valence-corrected chi connectivity index (χ0v) is 11.6. The molecule has 0 radical (unpaired) electrons. The van der Waals surface area contributed by atoms with E-state index in [2.05, 4.69) is 4.72 Å². The van der Waals surface area contributed by atoms with E-state index in [0.29, 0.717) is 12.5 Å². The van der Waals surface area contributed by atoms with Crippen molar-refractivity contribution in [1.29, 1.82) is 0 Å². The minimum atomic E-state index is -3.58. The first-order chi connectivity index (χ1) is 8.62. The number of sulfonamides is 1. The molecule has 1 fully saturated rings. The molecular weight excluding hydrogens is 274 g/mol. The average Bonchev–Trinajstić information content (AvgIpc) is 2.87. The van der Waals surface area contributed by atoms with Crippen LogP contribution in [0.4, 0.5) is 0 Å². The van der Waals surface area contributed by atoms with Gasteiger partial charge in [-0.15, -0.1) is 0 Å². The molecule has 5 nitrogen and oxygen atoms in total. The maximum absolute atomic E-state index is 11.9. The lowest BCUT2D eigenvalue weighted by molar-refractivity contribution is 0.236. The first kappa shape index (κ1) is 13.9. The van der Waals surface area contributed by atoms with Gasteiger partial charge in [-0.2, -0.15) is 11.8 Å². The largest absolute Gasteiger partial charge is 0.446 e. The molecule has 0 unspecified atom stereocenters. The highest BCUT2D eigenvalue weighted by molar-refractivity contribution is 7.99. The summed E-state index contributed by atoms with van der Waals surface area (Å²) >= 11 is 1.91. The van der Waals surface area contributed by atoms with Crippen LogP contribution in [0.3, 0.4) is 0 Å². The van der Waals surface area contributed by atoms with Crippen LogP contribution in [0.2, 0.25) is 0 Å². The van der Waals surface area contributed by atoms with Crippen molar-refractivity contribution in [2.45, 2.75) is 24.5 Å². The molecule has 7 heteroatoms. The van der Waals surface area contributed by atoms with E-state index < -0.39 is 10.0 Å². The summed E-state index contributed by atoms with van der Waals surface area (Å²) in [6.07, 6.45) is 2.10. The van der Waals surface area contributed by atoms with Gasteiger partial charge in [-0.05, 0) is 42.4 Å². The number of furan rings is 1. The predicted molar refractivity (Wildman–Crippen MR) is 69.9 cm³/mol. The molecule has 0 atom stereocenters. The highest BCUT2D eigenvalue weighted by Gasteiger charge is 2.21. The lowest BCUT2D eigenvalue weighted by Crippen LogP contribution is -2.30. The zero-order chi connectivity index (χ0) is 13.0. The van der Waals surface area contributed by atoms with Gasteiger partial charge in [-0.25, -0.2) is 13.1 Å². The standard InChI is InChI=1S/C11H17NO4S2/c13-8-10-1-2-11(16-10)18(14,15)12-7-9-3-5-17-6-4-9/h1-2,9,12-13H,3-8H2. The van der Waals surface area contributed by atoms with Crippen molar-refractivity contribution in [2.75, 3.05) is 18.1 Å². The summed E-state index contributed by atoms with van der Waals surface area (Å²) in [5.41, 5.74) is 0. The molecule has 1 saturated heterocycles. The molecule has 0 aromatic carbocycles. The number of rotatable bonds is 5. The Hall–Kier alpha value is -0.500. The molecular formula is C11H17NO4S2. The summed E-state index contributed by atoms with van der Waals surface area (Å²) in [6.45, 7) is 0.160. The van der Waals surface area contributed by atoms with Gasteiger partial charge in [0.2, 0.25) is 5.09 Å². The molecule has 0 spiro atoms. The van der Waals surface area contributed by atoms with Gasteiger partial charge in [0, 0.05) is 6.54 Å². The van der Waals surface area contributed by atoms with Gasteiger partial charge in [0.05, 0.1) is 0 Å². The fraction of sp³-hybridized carbons (Fsp3) is 0.636. The molecule has 2 rings (SSSR count). The Morgan fingerprint density at radius 2 is 2.11 bits per heavy atom. The molecule has 0 aliphatic carbocycles. The first-order valence-corrected chi connectivity index (χ1v) is 8.52. The van der Waals surface area contributed by atoms with Gasteiger partial charge in [0.25, 0.3) is 10.0 Å². The summed E-state index contributed by atoms with van der Waals surface area (Å²) in [6, 6.07) is 2.83. The number of hydrogen-bond acceptors (Lipinski definition) is 5. The minimum Gasteiger partial charge on any atom is -0.446 e. The first-order valence-electron chi connectivity index (χ1n) is 5.89. The molecule has 18 heavy (non-hydrogen) atoms. The van der Waals surface area contributed by atoms with Crippen LogP contribution in [-0.2, 0) is 16.6 Å². The van der Waals surface area contributed by atoms with E-state index in [4.69, 9.17) is 9.52 Å². The second-order valence-electron chi connectivity index (χ2n) is 4.29. The normalized spacial score (nSPS) is 18.1. The van der Waals surface area contributed by atoms with Crippen LogP contribution in [0.5, 0.6) is 0 Å². The van der Waals surface area contributed by atoms with Gasteiger partial charge in [-0.3, -0.25) is 0 Å². The van der Waals surface area contributed by atoms with Crippen molar-refractivity contribution in [2.24, 2.45) is 5.92 Å². The molecule has 0 saturated carbocycles. The Kier molecular flexibility index (Phi) is 4.71. The zero-order valence-electron chi connectivity index (χ0n) is 9.96. The fourth-order valence-electron chi connectivity index (χ4n) is 1.84. The van der Waals surface area contributed by atoms with Crippen molar-refractivity contribution in [1.82, 2.24) is 4.72 Å². The maximum atomic E-state index is 11.9. The summed E-state index contributed by atoms with van der Waals surface area (Å²) in [4.78, 5) is 0. The van der Waals surface area contributed by atoms with Crippen molar-refractivity contribution >= 4 is 21.8 Å². The molecule has 2 N–H and O–H groups in total. The average molecular weight is 291 g/mol. The van der Waals surface area contributed by atoms with Crippen LogP contribution >= 0.6 is 11.8 Å². The topological polar surface area (TPSA) is 79.5 Å². The van der Waals surface area contributed by atoms with Crippen molar-refractivity contribution in [3.8, 4) is 0 Å². The van der Waals surface area contributed by atoms with E-state index in [1.807, 2.05) is 11.8 Å². The van der Waals surface area contributed by atoms with E-state index in [9.17, 15) is 8.42 Å². The van der Waals surface area contributed by atoms with E-state index >= 15 is 0 Å². The molecule has 1 aromatic rings. The van der Waals surface area contributed by atoms with Crippen molar-refractivity contribution in [3.05, 3.63) is 17.9 Å². The predicted octanol–water partition coefficient (Wildman–Crippen LogP) is 1.19. The van der Waals surface area contributed by atoms with E-state index in [0.717, 1.165) is 24.3 Å². The Morgan fingerprint density at radius 1 is 1.39 bits per heavy atom. The van der Waals surface area contributed by atoms with E-state index in [-0.39, 0.29) is 17.5 Å². The lowest BCUT2D eigenvalue weighted by atomic mass is 10.0. The summed E-state index contributed by atoms with van der Waals surface area (Å²) < 4.78 is 31.4. The van der Waals surface area contributed by atoms with Gasteiger partial charge in [0.15, 0.2) is 0 Å². The molecule has 0 amide bonds. The van der Waals surface area contributed by atoms with Gasteiger partial charge in [-0.1, -0.05) is 0 Å². The van der Waals surface area contributed by atoms with Crippen molar-refractivity contribution < 1.29 is 17.9 Å². The van der Waals surface area contributed by atoms with Gasteiger partial charge >= 0.3 is 0 Å². The SMILES string of the molecule is O=S(=O)(NCC1CCSCC1)c1ccc(CO)o1. The second-order valence-corrected chi connectivity index (χ2v) is 7.21. The minimum absolute atomic E-state index is 0.128. The number of hydrogen-bond donors (Lipinski definition) is 2. The molecule has 1 aliphatic heterocycles. The summed E-state index contributed by atoms with van der Waals surface area (Å²) in [5.74, 6) is 2.86. The fourth-order valence-corrected chi connectivity index (χ4v) is 4.10. The van der Waals surface area contributed by atoms with Crippen LogP contribution in [0.1, 0.15) is 18.6 Å². The Labute approximate surface area is 111 Å². The van der Waals surface area contributed by atoms with Crippen LogP contribution in [-0.4, -0.2) is 31.6 Å². The smallest absolute Gasteiger partial charge is 0.273 e. The Balaban J connectivity index is 1.94. The second kappa shape index (κ2) is 6.10. The highest BCUT2D eigenvalue weighted by Crippen LogP contribution is 2.22. The third-order valence-electron chi connectivity index (χ3n) is 2.96. The van der Waals surface area contributed by atoms with E-state index in [1.54, 1.807) is 0 Å². The number of thioether (sulfide) groups is 1. The molecule has 1 aromatic heterocycles. The monoisotopic (exact) mass is 291 g/mol. The molecule has 1 aliphatic rings. The van der Waals surface area contributed by atoms with Crippen LogP contribution < -0.4 is 4.72 Å². The van der Waals surface area contributed by atoms with Crippen LogP contribution in [0.15, 0.2) is 21.6 Å². The Bertz CT molecular complexity index is 477. The van der Waals surface area contributed by atoms with Crippen LogP contribution in [0.25, 0.3) is 0 Å². The lowest BCUT2D eigenvalue weighted by Gasteiger charge is -2.21. The maximum Gasteiger partial charge on any atom is 0.273 e. The molecule has 102 valence electrons. The summed E-state index contributed by atoms with van der Waals surface area (Å²) in [5, 5.41) is 8.71. The number of aliphatic hydroxyl groups excluding tert-OH is 1. The number of aliphatic hydroxyl groups is 1. The molecule has 2 heterocycles. The van der Waals surface area contributed by atoms with Crippen molar-refractivity contribution in [3.63, 3.8) is 0 Å². The van der Waals surface area contributed by atoms with Crippen LogP contribution in [0, 0.1) is 5.92 Å². The Morgan fingerprint density at radius 3 is 2.72 bits per heavy atom.